The van der Waals surface area contributed by atoms with Crippen LogP contribution in [0, 0.1) is 5.82 Å². The smallest absolute Gasteiger partial charge is 0.278 e. The van der Waals surface area contributed by atoms with Gasteiger partial charge < -0.3 is 14.6 Å². The summed E-state index contributed by atoms with van der Waals surface area (Å²) < 4.78 is 21.5. The van der Waals surface area contributed by atoms with E-state index in [9.17, 15) is 18.8 Å². The van der Waals surface area contributed by atoms with Gasteiger partial charge in [-0.05, 0) is 48.0 Å². The quantitative estimate of drug-likeness (QED) is 0.316. The fourth-order valence-corrected chi connectivity index (χ4v) is 4.17. The highest BCUT2D eigenvalue weighted by Crippen LogP contribution is 2.18. The summed E-state index contributed by atoms with van der Waals surface area (Å²) in [5, 5.41) is 2.66. The van der Waals surface area contributed by atoms with Gasteiger partial charge in [0.05, 0.1) is 19.0 Å². The second-order valence-corrected chi connectivity index (χ2v) is 8.60. The lowest BCUT2D eigenvalue weighted by atomic mass is 10.1. The van der Waals surface area contributed by atoms with Crippen molar-refractivity contribution in [3.05, 3.63) is 130 Å². The first kappa shape index (κ1) is 24.6. The zero-order valence-corrected chi connectivity index (χ0v) is 20.4. The number of ketones is 1. The lowest BCUT2D eigenvalue weighted by molar-refractivity contribution is 0.0813. The number of halogens is 1. The van der Waals surface area contributed by atoms with Crippen molar-refractivity contribution in [2.45, 2.75) is 12.7 Å². The van der Waals surface area contributed by atoms with Crippen molar-refractivity contribution < 1.29 is 18.7 Å². The third kappa shape index (κ3) is 4.94. The predicted molar refractivity (Wildman–Crippen MR) is 140 cm³/mol. The lowest BCUT2D eigenvalue weighted by Crippen LogP contribution is -2.42. The Morgan fingerprint density at radius 2 is 1.66 bits per heavy atom. The molecule has 0 spiro atoms. The molecule has 1 N–H and O–H groups in total. The Morgan fingerprint density at radius 3 is 2.34 bits per heavy atom. The Balaban J connectivity index is 1.56. The van der Waals surface area contributed by atoms with Gasteiger partial charge in [-0.25, -0.2) is 9.37 Å². The minimum atomic E-state index is -1.35. The Bertz CT molecular complexity index is 1660. The standard InChI is InChI=1S/C29H23FN4O4/c1-38-23-13-7-19(8-14-23)17-33-18-31-24-15-16-34(29(37)25(24)33)27(26(35)20-5-3-2-4-6-20)32-28(36)21-9-11-22(30)12-10-21/h2-16,18,27H,17H2,1H3,(H,32,36). The lowest BCUT2D eigenvalue weighted by Gasteiger charge is -2.21. The van der Waals surface area contributed by atoms with Crippen LogP contribution < -0.4 is 15.6 Å². The van der Waals surface area contributed by atoms with Crippen LogP contribution in [0.3, 0.4) is 0 Å². The van der Waals surface area contributed by atoms with Gasteiger partial charge in [0.25, 0.3) is 11.5 Å². The number of hydrogen-bond acceptors (Lipinski definition) is 5. The van der Waals surface area contributed by atoms with E-state index in [1.165, 1.54) is 22.9 Å². The Morgan fingerprint density at radius 1 is 0.947 bits per heavy atom. The molecule has 0 radical (unpaired) electrons. The molecule has 38 heavy (non-hydrogen) atoms. The number of fused-ring (bicyclic) bond motifs is 1. The number of imidazole rings is 1. The molecule has 0 bridgehead atoms. The van der Waals surface area contributed by atoms with Crippen LogP contribution in [0.25, 0.3) is 11.0 Å². The van der Waals surface area contributed by atoms with Crippen LogP contribution in [0.15, 0.2) is 102 Å². The fourth-order valence-electron chi connectivity index (χ4n) is 4.17. The van der Waals surface area contributed by atoms with Crippen LogP contribution in [0.4, 0.5) is 4.39 Å². The van der Waals surface area contributed by atoms with Gasteiger partial charge in [0, 0.05) is 23.9 Å². The van der Waals surface area contributed by atoms with Crippen molar-refractivity contribution in [2.75, 3.05) is 7.11 Å². The van der Waals surface area contributed by atoms with Crippen LogP contribution in [0.1, 0.15) is 32.4 Å². The molecule has 0 fully saturated rings. The van der Waals surface area contributed by atoms with Gasteiger partial charge in [-0.3, -0.25) is 19.0 Å². The van der Waals surface area contributed by atoms with Gasteiger partial charge in [0.2, 0.25) is 5.78 Å². The molecule has 1 amide bonds. The van der Waals surface area contributed by atoms with Crippen LogP contribution in [0.2, 0.25) is 0 Å². The zero-order valence-electron chi connectivity index (χ0n) is 20.4. The number of amides is 1. The Hall–Kier alpha value is -5.05. The minimum Gasteiger partial charge on any atom is -0.497 e. The molecule has 3 aromatic carbocycles. The summed E-state index contributed by atoms with van der Waals surface area (Å²) in [6, 6.07) is 22.3. The molecule has 0 aliphatic carbocycles. The second kappa shape index (κ2) is 10.5. The minimum absolute atomic E-state index is 0.149. The van der Waals surface area contributed by atoms with E-state index >= 15 is 0 Å². The Kier molecular flexibility index (Phi) is 6.82. The molecule has 8 nitrogen and oxygen atoms in total. The number of pyridine rings is 1. The number of nitrogens with zero attached hydrogens (tertiary/aromatic N) is 3. The monoisotopic (exact) mass is 510 g/mol. The van der Waals surface area contributed by atoms with E-state index in [-0.39, 0.29) is 11.1 Å². The third-order valence-corrected chi connectivity index (χ3v) is 6.17. The van der Waals surface area contributed by atoms with E-state index in [1.54, 1.807) is 54.4 Å². The number of rotatable bonds is 8. The zero-order chi connectivity index (χ0) is 26.6. The molecule has 5 rings (SSSR count). The van der Waals surface area contributed by atoms with Crippen molar-refractivity contribution in [1.29, 1.82) is 0 Å². The van der Waals surface area contributed by atoms with Crippen molar-refractivity contribution in [3.63, 3.8) is 0 Å². The second-order valence-electron chi connectivity index (χ2n) is 8.60. The molecule has 5 aromatic rings. The number of methoxy groups -OCH3 is 1. The number of Topliss-reactive ketones (excluding diaryl/α,β-unsaturated/α-hetero) is 1. The van der Waals surface area contributed by atoms with E-state index in [0.29, 0.717) is 23.4 Å². The molecule has 1 unspecified atom stereocenters. The number of aromatic nitrogens is 3. The van der Waals surface area contributed by atoms with Gasteiger partial charge in [0.1, 0.15) is 17.1 Å². The average Bonchev–Trinajstić information content (AvgIpc) is 3.36. The molecule has 0 aliphatic rings. The van der Waals surface area contributed by atoms with Crippen molar-refractivity contribution in [2.24, 2.45) is 0 Å². The van der Waals surface area contributed by atoms with E-state index < -0.39 is 29.2 Å². The third-order valence-electron chi connectivity index (χ3n) is 6.17. The van der Waals surface area contributed by atoms with Crippen molar-refractivity contribution in [3.8, 4) is 5.75 Å². The summed E-state index contributed by atoms with van der Waals surface area (Å²) in [5.41, 5.74) is 1.62. The topological polar surface area (TPSA) is 95.2 Å². The van der Waals surface area contributed by atoms with E-state index in [2.05, 4.69) is 10.3 Å². The molecule has 0 aliphatic heterocycles. The van der Waals surface area contributed by atoms with E-state index in [4.69, 9.17) is 4.74 Å². The highest BCUT2D eigenvalue weighted by Gasteiger charge is 2.26. The number of carbonyl (C=O) groups excluding carboxylic acids is 2. The molecular formula is C29H23FN4O4. The van der Waals surface area contributed by atoms with Gasteiger partial charge in [-0.15, -0.1) is 0 Å². The van der Waals surface area contributed by atoms with Gasteiger partial charge in [-0.2, -0.15) is 0 Å². The maximum Gasteiger partial charge on any atom is 0.278 e. The van der Waals surface area contributed by atoms with Crippen LogP contribution in [0.5, 0.6) is 5.75 Å². The van der Waals surface area contributed by atoms with Crippen molar-refractivity contribution >= 4 is 22.7 Å². The first-order valence-electron chi connectivity index (χ1n) is 11.8. The van der Waals surface area contributed by atoms with Crippen molar-refractivity contribution in [1.82, 2.24) is 19.4 Å². The summed E-state index contributed by atoms with van der Waals surface area (Å²) >= 11 is 0. The number of nitrogens with one attached hydrogen (secondary N) is 1. The summed E-state index contributed by atoms with van der Waals surface area (Å²) in [6.07, 6.45) is 1.65. The van der Waals surface area contributed by atoms with Crippen LogP contribution in [-0.4, -0.2) is 32.9 Å². The maximum atomic E-state index is 13.8. The molecule has 9 heteroatoms. The fraction of sp³-hybridized carbons (Fsp3) is 0.103. The summed E-state index contributed by atoms with van der Waals surface area (Å²) in [7, 11) is 1.59. The molecule has 1 atom stereocenters. The number of hydrogen-bond donors (Lipinski definition) is 1. The largest absolute Gasteiger partial charge is 0.497 e. The molecule has 2 heterocycles. The highest BCUT2D eigenvalue weighted by atomic mass is 19.1. The number of benzene rings is 3. The van der Waals surface area contributed by atoms with E-state index in [1.807, 2.05) is 24.3 Å². The first-order valence-corrected chi connectivity index (χ1v) is 11.8. The molecule has 0 saturated heterocycles. The summed E-state index contributed by atoms with van der Waals surface area (Å²) in [5.74, 6) is -0.891. The van der Waals surface area contributed by atoms with Gasteiger partial charge >= 0.3 is 0 Å². The highest BCUT2D eigenvalue weighted by molar-refractivity contribution is 6.03. The molecular weight excluding hydrogens is 487 g/mol. The maximum absolute atomic E-state index is 13.8. The van der Waals surface area contributed by atoms with Crippen LogP contribution in [-0.2, 0) is 6.54 Å². The summed E-state index contributed by atoms with van der Waals surface area (Å²) in [4.78, 5) is 44.7. The molecule has 0 saturated carbocycles. The Labute approximate surface area is 216 Å². The SMILES string of the molecule is COc1ccc(Cn2cnc3ccn(C(NC(=O)c4ccc(F)cc4)C(=O)c4ccccc4)c(=O)c32)cc1. The molecule has 190 valence electrons. The van der Waals surface area contributed by atoms with E-state index in [0.717, 1.165) is 17.7 Å². The van der Waals surface area contributed by atoms with Gasteiger partial charge in [0.15, 0.2) is 6.17 Å². The predicted octanol–water partition coefficient (Wildman–Crippen LogP) is 4.21. The molecule has 2 aromatic heterocycles. The summed E-state index contributed by atoms with van der Waals surface area (Å²) in [6.45, 7) is 0.360. The number of carbonyl (C=O) groups is 2. The number of ether oxygens (including phenoxy) is 1. The normalized spacial score (nSPS) is 11.7. The van der Waals surface area contributed by atoms with Crippen LogP contribution >= 0.6 is 0 Å². The first-order chi connectivity index (χ1) is 18.4. The van der Waals surface area contributed by atoms with Gasteiger partial charge in [-0.1, -0.05) is 42.5 Å². The average molecular weight is 511 g/mol.